The van der Waals surface area contributed by atoms with Crippen molar-refractivity contribution in [2.24, 2.45) is 5.41 Å². The summed E-state index contributed by atoms with van der Waals surface area (Å²) in [6.45, 7) is 3.47. The molecule has 0 aromatic carbocycles. The molecule has 2 heteroatoms. The van der Waals surface area contributed by atoms with Crippen molar-refractivity contribution in [1.82, 2.24) is 9.55 Å². The Bertz CT molecular complexity index is 229. The Balaban J connectivity index is 2.01. The molecule has 1 heterocycles. The molecule has 1 fully saturated rings. The highest BCUT2D eigenvalue weighted by Gasteiger charge is 2.34. The van der Waals surface area contributed by atoms with E-state index in [1.54, 1.807) is 0 Å². The second-order valence-corrected chi connectivity index (χ2v) is 3.94. The highest BCUT2D eigenvalue weighted by molar-refractivity contribution is 4.88. The Morgan fingerprint density at radius 3 is 2.75 bits per heavy atom. The number of hydrogen-bond donors (Lipinski definition) is 0. The first-order valence-electron chi connectivity index (χ1n) is 4.80. The van der Waals surface area contributed by atoms with Crippen LogP contribution in [0.5, 0.6) is 0 Å². The number of imidazole rings is 1. The second-order valence-electron chi connectivity index (χ2n) is 3.94. The minimum Gasteiger partial charge on any atom is -0.337 e. The molecular formula is C10H16N2. The van der Waals surface area contributed by atoms with Gasteiger partial charge in [-0.1, -0.05) is 13.3 Å². The maximum absolute atomic E-state index is 4.06. The van der Waals surface area contributed by atoms with E-state index < -0.39 is 0 Å². The Kier molecular flexibility index (Phi) is 1.91. The molecule has 0 aliphatic heterocycles. The van der Waals surface area contributed by atoms with Crippen LogP contribution in [0, 0.1) is 5.41 Å². The van der Waals surface area contributed by atoms with Crippen molar-refractivity contribution in [2.45, 2.75) is 39.2 Å². The standard InChI is InChI=1S/C10H16N2/c1-2-10(4-3-5-10)8-12-7-6-11-9-12/h6-7,9H,2-5,8H2,1H3. The number of nitrogens with zero attached hydrogens (tertiary/aromatic N) is 2. The zero-order valence-corrected chi connectivity index (χ0v) is 7.66. The van der Waals surface area contributed by atoms with E-state index in [1.807, 2.05) is 12.5 Å². The van der Waals surface area contributed by atoms with Crippen molar-refractivity contribution in [2.75, 3.05) is 0 Å². The molecular weight excluding hydrogens is 148 g/mol. The van der Waals surface area contributed by atoms with E-state index in [0.717, 1.165) is 0 Å². The van der Waals surface area contributed by atoms with Gasteiger partial charge in [-0.25, -0.2) is 4.98 Å². The van der Waals surface area contributed by atoms with Gasteiger partial charge in [0.2, 0.25) is 0 Å². The first kappa shape index (κ1) is 7.84. The third-order valence-electron chi connectivity index (χ3n) is 3.24. The largest absolute Gasteiger partial charge is 0.337 e. The Morgan fingerprint density at radius 2 is 2.33 bits per heavy atom. The van der Waals surface area contributed by atoms with Crippen molar-refractivity contribution in [3.8, 4) is 0 Å². The summed E-state index contributed by atoms with van der Waals surface area (Å²) in [4.78, 5) is 4.06. The molecule has 0 atom stereocenters. The Labute approximate surface area is 73.6 Å². The SMILES string of the molecule is CCC1(Cn2ccnc2)CCC1. The fourth-order valence-electron chi connectivity index (χ4n) is 2.07. The molecule has 0 spiro atoms. The molecule has 0 saturated heterocycles. The molecule has 0 unspecified atom stereocenters. The molecule has 2 nitrogen and oxygen atoms in total. The first-order chi connectivity index (χ1) is 5.85. The van der Waals surface area contributed by atoms with Gasteiger partial charge in [0.15, 0.2) is 0 Å². The lowest BCUT2D eigenvalue weighted by atomic mass is 9.67. The van der Waals surface area contributed by atoms with Gasteiger partial charge in [0.25, 0.3) is 0 Å². The lowest BCUT2D eigenvalue weighted by Crippen LogP contribution is -2.32. The normalized spacial score (nSPS) is 20.4. The smallest absolute Gasteiger partial charge is 0.0946 e. The lowest BCUT2D eigenvalue weighted by Gasteiger charge is -2.41. The van der Waals surface area contributed by atoms with Crippen LogP contribution in [0.2, 0.25) is 0 Å². The van der Waals surface area contributed by atoms with Crippen LogP contribution in [0.15, 0.2) is 18.7 Å². The molecule has 1 aromatic heterocycles. The highest BCUT2D eigenvalue weighted by atomic mass is 15.0. The van der Waals surface area contributed by atoms with Crippen LogP contribution in [0.3, 0.4) is 0 Å². The van der Waals surface area contributed by atoms with E-state index in [-0.39, 0.29) is 0 Å². The predicted octanol–water partition coefficient (Wildman–Crippen LogP) is 2.46. The zero-order valence-electron chi connectivity index (χ0n) is 7.66. The van der Waals surface area contributed by atoms with Gasteiger partial charge in [-0.15, -0.1) is 0 Å². The van der Waals surface area contributed by atoms with Crippen molar-refractivity contribution in [3.05, 3.63) is 18.7 Å². The maximum Gasteiger partial charge on any atom is 0.0946 e. The van der Waals surface area contributed by atoms with Crippen LogP contribution < -0.4 is 0 Å². The summed E-state index contributed by atoms with van der Waals surface area (Å²) in [7, 11) is 0. The van der Waals surface area contributed by atoms with Gasteiger partial charge in [-0.2, -0.15) is 0 Å². The fraction of sp³-hybridized carbons (Fsp3) is 0.700. The van der Waals surface area contributed by atoms with Crippen molar-refractivity contribution in [1.29, 1.82) is 0 Å². The maximum atomic E-state index is 4.06. The topological polar surface area (TPSA) is 17.8 Å². The Hall–Kier alpha value is -0.790. The van der Waals surface area contributed by atoms with E-state index in [0.29, 0.717) is 5.41 Å². The highest BCUT2D eigenvalue weighted by Crippen LogP contribution is 2.44. The zero-order chi connectivity index (χ0) is 8.44. The molecule has 1 saturated carbocycles. The van der Waals surface area contributed by atoms with Gasteiger partial charge >= 0.3 is 0 Å². The first-order valence-corrected chi connectivity index (χ1v) is 4.80. The average Bonchev–Trinajstić information content (AvgIpc) is 2.49. The van der Waals surface area contributed by atoms with E-state index >= 15 is 0 Å². The van der Waals surface area contributed by atoms with Gasteiger partial charge in [-0.05, 0) is 24.7 Å². The molecule has 66 valence electrons. The molecule has 1 aliphatic carbocycles. The van der Waals surface area contributed by atoms with E-state index in [1.165, 1.54) is 32.2 Å². The minimum atomic E-state index is 0.612. The quantitative estimate of drug-likeness (QED) is 0.671. The summed E-state index contributed by atoms with van der Waals surface area (Å²) in [5.41, 5.74) is 0.612. The van der Waals surface area contributed by atoms with Gasteiger partial charge in [0.1, 0.15) is 0 Å². The Morgan fingerprint density at radius 1 is 1.50 bits per heavy atom. The third kappa shape index (κ3) is 1.26. The van der Waals surface area contributed by atoms with Crippen LogP contribution in [-0.4, -0.2) is 9.55 Å². The fourth-order valence-corrected chi connectivity index (χ4v) is 2.07. The summed E-state index contributed by atoms with van der Waals surface area (Å²) in [6, 6.07) is 0. The molecule has 0 radical (unpaired) electrons. The van der Waals surface area contributed by atoms with E-state index in [9.17, 15) is 0 Å². The van der Waals surface area contributed by atoms with Crippen LogP contribution >= 0.6 is 0 Å². The predicted molar refractivity (Wildman–Crippen MR) is 48.8 cm³/mol. The van der Waals surface area contributed by atoms with Crippen molar-refractivity contribution < 1.29 is 0 Å². The van der Waals surface area contributed by atoms with Crippen LogP contribution in [0.1, 0.15) is 32.6 Å². The van der Waals surface area contributed by atoms with Gasteiger partial charge < -0.3 is 4.57 Å². The number of rotatable bonds is 3. The van der Waals surface area contributed by atoms with E-state index in [2.05, 4.69) is 22.7 Å². The third-order valence-corrected chi connectivity index (χ3v) is 3.24. The average molecular weight is 164 g/mol. The summed E-state index contributed by atoms with van der Waals surface area (Å²) in [5, 5.41) is 0. The molecule has 1 aromatic rings. The van der Waals surface area contributed by atoms with Crippen molar-refractivity contribution >= 4 is 0 Å². The molecule has 2 rings (SSSR count). The van der Waals surface area contributed by atoms with Gasteiger partial charge in [0.05, 0.1) is 6.33 Å². The molecule has 0 N–H and O–H groups in total. The molecule has 12 heavy (non-hydrogen) atoms. The number of aromatic nitrogens is 2. The summed E-state index contributed by atoms with van der Waals surface area (Å²) < 4.78 is 2.21. The van der Waals surface area contributed by atoms with Crippen molar-refractivity contribution in [3.63, 3.8) is 0 Å². The monoisotopic (exact) mass is 164 g/mol. The minimum absolute atomic E-state index is 0.612. The van der Waals surface area contributed by atoms with Gasteiger partial charge in [-0.3, -0.25) is 0 Å². The second kappa shape index (κ2) is 2.92. The molecule has 0 amide bonds. The molecule has 1 aliphatic rings. The number of hydrogen-bond acceptors (Lipinski definition) is 1. The van der Waals surface area contributed by atoms with Gasteiger partial charge in [0, 0.05) is 18.9 Å². The van der Waals surface area contributed by atoms with Crippen LogP contribution in [0.25, 0.3) is 0 Å². The molecule has 0 bridgehead atoms. The summed E-state index contributed by atoms with van der Waals surface area (Å²) in [5.74, 6) is 0. The summed E-state index contributed by atoms with van der Waals surface area (Å²) >= 11 is 0. The summed E-state index contributed by atoms with van der Waals surface area (Å²) in [6.07, 6.45) is 11.4. The van der Waals surface area contributed by atoms with E-state index in [4.69, 9.17) is 0 Å². The lowest BCUT2D eigenvalue weighted by molar-refractivity contribution is 0.100. The van der Waals surface area contributed by atoms with Crippen LogP contribution in [-0.2, 0) is 6.54 Å². The van der Waals surface area contributed by atoms with Crippen LogP contribution in [0.4, 0.5) is 0 Å².